The van der Waals surface area contributed by atoms with E-state index in [1.165, 1.54) is 18.4 Å². The minimum atomic E-state index is 0.0915. The van der Waals surface area contributed by atoms with E-state index < -0.39 is 0 Å². The molecule has 1 saturated carbocycles. The van der Waals surface area contributed by atoms with Crippen molar-refractivity contribution in [1.82, 2.24) is 0 Å². The molecule has 1 heterocycles. The molecule has 68 valence electrons. The smallest absolute Gasteiger partial charge is 0.0992 e. The first-order valence-electron chi connectivity index (χ1n) is 4.96. The first-order valence-corrected chi connectivity index (χ1v) is 4.96. The molecule has 2 atom stereocenters. The van der Waals surface area contributed by atoms with Gasteiger partial charge in [-0.1, -0.05) is 37.3 Å². The number of ether oxygens (including phenoxy) is 1. The van der Waals surface area contributed by atoms with E-state index in [0.29, 0.717) is 5.41 Å². The molecule has 3 rings (SSSR count). The van der Waals surface area contributed by atoms with E-state index in [1.807, 2.05) is 0 Å². The van der Waals surface area contributed by atoms with E-state index in [9.17, 15) is 0 Å². The molecule has 0 radical (unpaired) electrons. The molecule has 1 heteroatoms. The Labute approximate surface area is 78.7 Å². The van der Waals surface area contributed by atoms with Gasteiger partial charge < -0.3 is 4.74 Å². The SMILES string of the molecule is CC12CCOC1(c1ccccc1)C2. The normalized spacial score (nSPS) is 41.6. The summed E-state index contributed by atoms with van der Waals surface area (Å²) in [4.78, 5) is 0. The van der Waals surface area contributed by atoms with Gasteiger partial charge in [-0.2, -0.15) is 0 Å². The molecule has 2 fully saturated rings. The largest absolute Gasteiger partial charge is 0.370 e. The Hall–Kier alpha value is -0.820. The van der Waals surface area contributed by atoms with Gasteiger partial charge in [-0.3, -0.25) is 0 Å². The van der Waals surface area contributed by atoms with Crippen LogP contribution in [0.2, 0.25) is 0 Å². The number of benzene rings is 1. The Balaban J connectivity index is 2.04. The number of hydrogen-bond donors (Lipinski definition) is 0. The Bertz CT molecular complexity index is 328. The van der Waals surface area contributed by atoms with Gasteiger partial charge in [0.05, 0.1) is 5.60 Å². The van der Waals surface area contributed by atoms with Crippen LogP contribution in [0.3, 0.4) is 0 Å². The highest BCUT2D eigenvalue weighted by Gasteiger charge is 2.69. The highest BCUT2D eigenvalue weighted by atomic mass is 16.5. The van der Waals surface area contributed by atoms with E-state index in [-0.39, 0.29) is 5.60 Å². The van der Waals surface area contributed by atoms with Gasteiger partial charge in [-0.05, 0) is 18.4 Å². The van der Waals surface area contributed by atoms with Gasteiger partial charge >= 0.3 is 0 Å². The van der Waals surface area contributed by atoms with Crippen LogP contribution in [-0.2, 0) is 10.3 Å². The zero-order valence-corrected chi connectivity index (χ0v) is 7.92. The van der Waals surface area contributed by atoms with Crippen LogP contribution in [0.1, 0.15) is 25.3 Å². The fourth-order valence-corrected chi connectivity index (χ4v) is 2.71. The summed E-state index contributed by atoms with van der Waals surface area (Å²) in [6.45, 7) is 3.28. The maximum Gasteiger partial charge on any atom is 0.0992 e. The van der Waals surface area contributed by atoms with Crippen molar-refractivity contribution in [2.45, 2.75) is 25.4 Å². The summed E-state index contributed by atoms with van der Waals surface area (Å²) in [5.74, 6) is 0. The molecule has 0 N–H and O–H groups in total. The predicted octanol–water partition coefficient (Wildman–Crippen LogP) is 2.71. The fraction of sp³-hybridized carbons (Fsp3) is 0.500. The Morgan fingerprint density at radius 2 is 2.00 bits per heavy atom. The average molecular weight is 174 g/mol. The van der Waals surface area contributed by atoms with Crippen LogP contribution in [-0.4, -0.2) is 6.61 Å². The minimum absolute atomic E-state index is 0.0915. The first kappa shape index (κ1) is 7.57. The molecule has 2 aliphatic rings. The van der Waals surface area contributed by atoms with Crippen molar-refractivity contribution >= 4 is 0 Å². The molecule has 0 spiro atoms. The maximum absolute atomic E-state index is 5.90. The molecule has 2 unspecified atom stereocenters. The maximum atomic E-state index is 5.90. The molecule has 0 amide bonds. The van der Waals surface area contributed by atoms with Crippen molar-refractivity contribution in [2.75, 3.05) is 6.61 Å². The zero-order valence-electron chi connectivity index (χ0n) is 7.92. The first-order chi connectivity index (χ1) is 6.27. The highest BCUT2D eigenvalue weighted by Crippen LogP contribution is 2.70. The van der Waals surface area contributed by atoms with Gasteiger partial charge in [-0.25, -0.2) is 0 Å². The second-order valence-electron chi connectivity index (χ2n) is 4.53. The van der Waals surface area contributed by atoms with E-state index >= 15 is 0 Å². The molecule has 13 heavy (non-hydrogen) atoms. The van der Waals surface area contributed by atoms with Gasteiger partial charge in [-0.15, -0.1) is 0 Å². The Kier molecular flexibility index (Phi) is 1.26. The second-order valence-corrected chi connectivity index (χ2v) is 4.53. The number of rotatable bonds is 1. The van der Waals surface area contributed by atoms with Gasteiger partial charge in [0, 0.05) is 12.0 Å². The molecular formula is C12H14O. The topological polar surface area (TPSA) is 9.23 Å². The van der Waals surface area contributed by atoms with Crippen molar-refractivity contribution < 1.29 is 4.74 Å². The lowest BCUT2D eigenvalue weighted by molar-refractivity contribution is 0.0588. The third kappa shape index (κ3) is 0.806. The summed E-state index contributed by atoms with van der Waals surface area (Å²) in [5, 5.41) is 0. The standard InChI is InChI=1S/C12H14O/c1-11-7-8-13-12(11,9-11)10-5-3-2-4-6-10/h2-6H,7-9H2,1H3. The van der Waals surface area contributed by atoms with Crippen LogP contribution >= 0.6 is 0 Å². The summed E-state index contributed by atoms with van der Waals surface area (Å²) < 4.78 is 5.90. The van der Waals surface area contributed by atoms with Crippen LogP contribution < -0.4 is 0 Å². The van der Waals surface area contributed by atoms with Crippen LogP contribution in [0.25, 0.3) is 0 Å². The van der Waals surface area contributed by atoms with E-state index in [4.69, 9.17) is 4.74 Å². The molecule has 1 aliphatic heterocycles. The van der Waals surface area contributed by atoms with Gasteiger partial charge in [0.25, 0.3) is 0 Å². The minimum Gasteiger partial charge on any atom is -0.370 e. The van der Waals surface area contributed by atoms with Gasteiger partial charge in [0.1, 0.15) is 0 Å². The third-order valence-electron chi connectivity index (χ3n) is 3.73. The van der Waals surface area contributed by atoms with Crippen molar-refractivity contribution in [3.8, 4) is 0 Å². The fourth-order valence-electron chi connectivity index (χ4n) is 2.71. The third-order valence-corrected chi connectivity index (χ3v) is 3.73. The second kappa shape index (κ2) is 2.16. The molecule has 1 nitrogen and oxygen atoms in total. The van der Waals surface area contributed by atoms with Gasteiger partial charge in [0.15, 0.2) is 0 Å². The highest BCUT2D eigenvalue weighted by molar-refractivity contribution is 5.35. The average Bonchev–Trinajstić information content (AvgIpc) is 2.63. The molecular weight excluding hydrogens is 160 g/mol. The van der Waals surface area contributed by atoms with Crippen LogP contribution in [0.4, 0.5) is 0 Å². The van der Waals surface area contributed by atoms with E-state index in [0.717, 1.165) is 6.61 Å². The summed E-state index contributed by atoms with van der Waals surface area (Å²) in [5.41, 5.74) is 1.90. The Morgan fingerprint density at radius 1 is 1.23 bits per heavy atom. The lowest BCUT2D eigenvalue weighted by Crippen LogP contribution is -2.11. The molecule has 1 aromatic carbocycles. The zero-order chi connectivity index (χ0) is 8.94. The van der Waals surface area contributed by atoms with Crippen molar-refractivity contribution in [3.05, 3.63) is 35.9 Å². The molecule has 0 aromatic heterocycles. The van der Waals surface area contributed by atoms with Crippen molar-refractivity contribution in [1.29, 1.82) is 0 Å². The molecule has 1 saturated heterocycles. The lowest BCUT2D eigenvalue weighted by atomic mass is 9.97. The quantitative estimate of drug-likeness (QED) is 0.636. The van der Waals surface area contributed by atoms with E-state index in [1.54, 1.807) is 0 Å². The summed E-state index contributed by atoms with van der Waals surface area (Å²) in [6, 6.07) is 10.6. The monoisotopic (exact) mass is 174 g/mol. The van der Waals surface area contributed by atoms with Crippen LogP contribution in [0, 0.1) is 5.41 Å². The predicted molar refractivity (Wildman–Crippen MR) is 51.4 cm³/mol. The number of hydrogen-bond acceptors (Lipinski definition) is 1. The lowest BCUT2D eigenvalue weighted by Gasteiger charge is -2.14. The van der Waals surface area contributed by atoms with Crippen molar-refractivity contribution in [3.63, 3.8) is 0 Å². The summed E-state index contributed by atoms with van der Waals surface area (Å²) >= 11 is 0. The summed E-state index contributed by atoms with van der Waals surface area (Å²) in [6.07, 6.45) is 2.44. The number of fused-ring (bicyclic) bond motifs is 1. The van der Waals surface area contributed by atoms with Crippen LogP contribution in [0.15, 0.2) is 30.3 Å². The summed E-state index contributed by atoms with van der Waals surface area (Å²) in [7, 11) is 0. The van der Waals surface area contributed by atoms with Crippen LogP contribution in [0.5, 0.6) is 0 Å². The molecule has 0 bridgehead atoms. The van der Waals surface area contributed by atoms with E-state index in [2.05, 4.69) is 37.3 Å². The molecule has 1 aromatic rings. The molecule has 1 aliphatic carbocycles. The van der Waals surface area contributed by atoms with Gasteiger partial charge in [0.2, 0.25) is 0 Å². The van der Waals surface area contributed by atoms with Crippen molar-refractivity contribution in [2.24, 2.45) is 5.41 Å². The Morgan fingerprint density at radius 3 is 2.54 bits per heavy atom.